The summed E-state index contributed by atoms with van der Waals surface area (Å²) in [5.74, 6) is 0.590. The Morgan fingerprint density at radius 2 is 1.94 bits per heavy atom. The number of anilines is 1. The first kappa shape index (κ1) is 12.5. The molecule has 3 nitrogen and oxygen atoms in total. The maximum Gasteiger partial charge on any atom is 0.239 e. The fourth-order valence-corrected chi connectivity index (χ4v) is 1.74. The Bertz CT molecular complexity index is 498. The van der Waals surface area contributed by atoms with E-state index in [2.05, 4.69) is 5.10 Å². The van der Waals surface area contributed by atoms with Gasteiger partial charge in [0.2, 0.25) is 6.43 Å². The molecule has 5 heteroatoms. The van der Waals surface area contributed by atoms with Crippen molar-refractivity contribution >= 4 is 5.82 Å². The lowest BCUT2D eigenvalue weighted by molar-refractivity contribution is 0.138. The van der Waals surface area contributed by atoms with Crippen LogP contribution in [0, 0.1) is 0 Å². The predicted molar refractivity (Wildman–Crippen MR) is 67.4 cm³/mol. The van der Waals surface area contributed by atoms with E-state index in [-0.39, 0.29) is 6.42 Å². The fourth-order valence-electron chi connectivity index (χ4n) is 1.74. The Balaban J connectivity index is 2.12. The Hall–Kier alpha value is -1.91. The normalized spacial score (nSPS) is 11.1. The molecular weight excluding hydrogens is 236 g/mol. The summed E-state index contributed by atoms with van der Waals surface area (Å²) in [7, 11) is 1.77. The van der Waals surface area contributed by atoms with Crippen molar-refractivity contribution in [2.75, 3.05) is 5.73 Å². The van der Waals surface area contributed by atoms with Gasteiger partial charge >= 0.3 is 0 Å². The lowest BCUT2D eigenvalue weighted by Crippen LogP contribution is -1.96. The topological polar surface area (TPSA) is 43.8 Å². The first-order chi connectivity index (χ1) is 8.56. The van der Waals surface area contributed by atoms with E-state index in [0.717, 1.165) is 16.8 Å². The molecule has 0 aliphatic carbocycles. The molecule has 2 N–H and O–H groups in total. The lowest BCUT2D eigenvalue weighted by atomic mass is 10.1. The largest absolute Gasteiger partial charge is 0.384 e. The molecule has 96 valence electrons. The van der Waals surface area contributed by atoms with Crippen LogP contribution in [0.2, 0.25) is 0 Å². The van der Waals surface area contributed by atoms with Crippen LogP contribution in [0.4, 0.5) is 14.6 Å². The smallest absolute Gasteiger partial charge is 0.239 e. The number of hydrogen-bond donors (Lipinski definition) is 1. The van der Waals surface area contributed by atoms with Gasteiger partial charge in [0.25, 0.3) is 0 Å². The maximum atomic E-state index is 12.1. The Labute approximate surface area is 104 Å². The van der Waals surface area contributed by atoms with Crippen molar-refractivity contribution in [1.29, 1.82) is 0 Å². The quantitative estimate of drug-likeness (QED) is 0.908. The van der Waals surface area contributed by atoms with Crippen LogP contribution < -0.4 is 5.73 Å². The number of aryl methyl sites for hydroxylation is 2. The molecule has 0 aliphatic heterocycles. The van der Waals surface area contributed by atoms with E-state index in [1.165, 1.54) is 0 Å². The molecule has 0 saturated carbocycles. The summed E-state index contributed by atoms with van der Waals surface area (Å²) in [6.07, 6.45) is -1.96. The Kier molecular flexibility index (Phi) is 3.60. The highest BCUT2D eigenvalue weighted by Crippen LogP contribution is 2.21. The summed E-state index contributed by atoms with van der Waals surface area (Å²) in [6, 6.07) is 9.24. The number of alkyl halides is 2. The van der Waals surface area contributed by atoms with E-state index >= 15 is 0 Å². The van der Waals surface area contributed by atoms with Crippen LogP contribution in [0.15, 0.2) is 30.3 Å². The molecule has 0 fully saturated rings. The first-order valence-electron chi connectivity index (χ1n) is 5.73. The number of hydrogen-bond acceptors (Lipinski definition) is 2. The molecule has 0 unspecified atom stereocenters. The SMILES string of the molecule is Cn1nc(-c2ccc(CCC(F)F)cc2)cc1N. The standard InChI is InChI=1S/C13H15F2N3/c1-18-13(16)8-11(17-18)10-5-2-9(3-6-10)4-7-12(14)15/h2-3,5-6,8,12H,4,7,16H2,1H3. The van der Waals surface area contributed by atoms with Gasteiger partial charge in [0.15, 0.2) is 0 Å². The number of aromatic nitrogens is 2. The van der Waals surface area contributed by atoms with Crippen LogP contribution in [0.25, 0.3) is 11.3 Å². The predicted octanol–water partition coefficient (Wildman–Crippen LogP) is 2.87. The van der Waals surface area contributed by atoms with Crippen molar-refractivity contribution < 1.29 is 8.78 Å². The van der Waals surface area contributed by atoms with E-state index in [1.54, 1.807) is 17.8 Å². The zero-order valence-corrected chi connectivity index (χ0v) is 10.1. The van der Waals surface area contributed by atoms with E-state index in [9.17, 15) is 8.78 Å². The number of halogens is 2. The van der Waals surface area contributed by atoms with Gasteiger partial charge in [0, 0.05) is 25.1 Å². The number of nitrogens with zero attached hydrogens (tertiary/aromatic N) is 2. The Morgan fingerprint density at radius 3 is 2.44 bits per heavy atom. The average Bonchev–Trinajstić information content (AvgIpc) is 2.68. The summed E-state index contributed by atoms with van der Waals surface area (Å²) in [6.45, 7) is 0. The van der Waals surface area contributed by atoms with Crippen molar-refractivity contribution in [2.45, 2.75) is 19.3 Å². The van der Waals surface area contributed by atoms with Gasteiger partial charge in [-0.3, -0.25) is 4.68 Å². The van der Waals surface area contributed by atoms with Crippen molar-refractivity contribution in [3.8, 4) is 11.3 Å². The molecule has 1 heterocycles. The Morgan fingerprint density at radius 1 is 1.28 bits per heavy atom. The lowest BCUT2D eigenvalue weighted by Gasteiger charge is -2.02. The van der Waals surface area contributed by atoms with E-state index < -0.39 is 6.43 Å². The summed E-state index contributed by atoms with van der Waals surface area (Å²) in [5.41, 5.74) is 8.33. The molecule has 0 atom stereocenters. The highest BCUT2D eigenvalue weighted by atomic mass is 19.3. The van der Waals surface area contributed by atoms with Crippen molar-refractivity contribution in [1.82, 2.24) is 9.78 Å². The van der Waals surface area contributed by atoms with Crippen LogP contribution >= 0.6 is 0 Å². The molecule has 0 saturated heterocycles. The molecule has 18 heavy (non-hydrogen) atoms. The van der Waals surface area contributed by atoms with Crippen molar-refractivity contribution in [3.63, 3.8) is 0 Å². The van der Waals surface area contributed by atoms with Crippen LogP contribution in [-0.4, -0.2) is 16.2 Å². The zero-order valence-electron chi connectivity index (χ0n) is 10.1. The minimum absolute atomic E-state index is 0.101. The molecule has 0 spiro atoms. The highest BCUT2D eigenvalue weighted by Gasteiger charge is 2.06. The molecule has 0 aliphatic rings. The van der Waals surface area contributed by atoms with Crippen LogP contribution in [0.3, 0.4) is 0 Å². The third kappa shape index (κ3) is 2.85. The van der Waals surface area contributed by atoms with E-state index in [4.69, 9.17) is 5.73 Å². The van der Waals surface area contributed by atoms with Gasteiger partial charge in [-0.15, -0.1) is 0 Å². The number of benzene rings is 1. The molecule has 0 bridgehead atoms. The molecule has 2 rings (SSSR count). The zero-order chi connectivity index (χ0) is 13.1. The monoisotopic (exact) mass is 251 g/mol. The second-order valence-electron chi connectivity index (χ2n) is 4.20. The van der Waals surface area contributed by atoms with Gasteiger partial charge in [-0.1, -0.05) is 24.3 Å². The minimum atomic E-state index is -2.25. The summed E-state index contributed by atoms with van der Waals surface area (Å²) in [4.78, 5) is 0. The summed E-state index contributed by atoms with van der Waals surface area (Å²) < 4.78 is 25.8. The third-order valence-electron chi connectivity index (χ3n) is 2.82. The molecule has 0 amide bonds. The highest BCUT2D eigenvalue weighted by molar-refractivity contribution is 5.62. The maximum absolute atomic E-state index is 12.1. The summed E-state index contributed by atoms with van der Waals surface area (Å²) >= 11 is 0. The van der Waals surface area contributed by atoms with Gasteiger partial charge in [0.1, 0.15) is 5.82 Å². The molecular formula is C13H15F2N3. The minimum Gasteiger partial charge on any atom is -0.384 e. The van der Waals surface area contributed by atoms with Crippen molar-refractivity contribution in [2.24, 2.45) is 7.05 Å². The first-order valence-corrected chi connectivity index (χ1v) is 5.73. The molecule has 1 aromatic carbocycles. The second kappa shape index (κ2) is 5.16. The molecule has 2 aromatic rings. The number of nitrogens with two attached hydrogens (primary N) is 1. The van der Waals surface area contributed by atoms with E-state index in [0.29, 0.717) is 12.2 Å². The number of rotatable bonds is 4. The molecule has 0 radical (unpaired) electrons. The van der Waals surface area contributed by atoms with Gasteiger partial charge in [-0.2, -0.15) is 5.10 Å². The van der Waals surface area contributed by atoms with Gasteiger partial charge in [-0.05, 0) is 12.0 Å². The second-order valence-corrected chi connectivity index (χ2v) is 4.20. The van der Waals surface area contributed by atoms with Crippen LogP contribution in [0.5, 0.6) is 0 Å². The van der Waals surface area contributed by atoms with Gasteiger partial charge < -0.3 is 5.73 Å². The van der Waals surface area contributed by atoms with Gasteiger partial charge in [0.05, 0.1) is 5.69 Å². The van der Waals surface area contributed by atoms with Gasteiger partial charge in [-0.25, -0.2) is 8.78 Å². The fraction of sp³-hybridized carbons (Fsp3) is 0.308. The van der Waals surface area contributed by atoms with Crippen molar-refractivity contribution in [3.05, 3.63) is 35.9 Å². The summed E-state index contributed by atoms with van der Waals surface area (Å²) in [5, 5.41) is 4.26. The molecule has 1 aromatic heterocycles. The number of nitrogen functional groups attached to an aromatic ring is 1. The average molecular weight is 251 g/mol. The van der Waals surface area contributed by atoms with Crippen LogP contribution in [-0.2, 0) is 13.5 Å². The van der Waals surface area contributed by atoms with Crippen LogP contribution in [0.1, 0.15) is 12.0 Å². The third-order valence-corrected chi connectivity index (χ3v) is 2.82. The van der Waals surface area contributed by atoms with E-state index in [1.807, 2.05) is 24.3 Å².